The summed E-state index contributed by atoms with van der Waals surface area (Å²) < 4.78 is 8.11. The summed E-state index contributed by atoms with van der Waals surface area (Å²) >= 11 is 0. The number of para-hydroxylation sites is 1. The first-order chi connectivity index (χ1) is 9.93. The first-order valence-electron chi connectivity index (χ1n) is 7.40. The van der Waals surface area contributed by atoms with Crippen LogP contribution in [-0.2, 0) is 0 Å². The van der Waals surface area contributed by atoms with Gasteiger partial charge in [0, 0.05) is 24.2 Å². The Balaban J connectivity index is 1.74. The lowest BCUT2D eigenvalue weighted by atomic mass is 9.99. The highest BCUT2D eigenvalue weighted by molar-refractivity contribution is 5.38. The van der Waals surface area contributed by atoms with E-state index in [1.165, 1.54) is 24.1 Å². The molecule has 0 bridgehead atoms. The van der Waals surface area contributed by atoms with Crippen LogP contribution in [0.5, 0.6) is 5.75 Å². The molecule has 20 heavy (non-hydrogen) atoms. The van der Waals surface area contributed by atoms with Crippen LogP contribution in [0, 0.1) is 0 Å². The summed E-state index contributed by atoms with van der Waals surface area (Å²) in [6, 6.07) is 9.16. The van der Waals surface area contributed by atoms with Crippen molar-refractivity contribution in [2.24, 2.45) is 0 Å². The van der Waals surface area contributed by atoms with Crippen molar-refractivity contribution in [3.05, 3.63) is 48.0 Å². The van der Waals surface area contributed by atoms with E-state index < -0.39 is 0 Å². The average molecular weight is 269 g/mol. The van der Waals surface area contributed by atoms with Crippen LogP contribution in [0.4, 0.5) is 0 Å². The third-order valence-corrected chi connectivity index (χ3v) is 4.38. The molecule has 0 saturated carbocycles. The Bertz CT molecular complexity index is 601. The van der Waals surface area contributed by atoms with Crippen LogP contribution in [0.25, 0.3) is 0 Å². The number of nitrogens with one attached hydrogen (secondary N) is 1. The van der Waals surface area contributed by atoms with Crippen molar-refractivity contribution in [3.63, 3.8) is 0 Å². The molecule has 2 aliphatic heterocycles. The minimum atomic E-state index is 0.347. The molecular weight excluding hydrogens is 250 g/mol. The van der Waals surface area contributed by atoms with Gasteiger partial charge in [-0.15, -0.1) is 0 Å². The molecule has 1 saturated heterocycles. The molecule has 0 amide bonds. The molecule has 4 heteroatoms. The zero-order valence-corrected chi connectivity index (χ0v) is 11.5. The van der Waals surface area contributed by atoms with E-state index in [-0.39, 0.29) is 0 Å². The van der Waals surface area contributed by atoms with Crippen molar-refractivity contribution in [3.8, 4) is 5.75 Å². The van der Waals surface area contributed by atoms with Gasteiger partial charge in [0.25, 0.3) is 0 Å². The monoisotopic (exact) mass is 269 g/mol. The largest absolute Gasteiger partial charge is 0.493 e. The summed E-state index contributed by atoms with van der Waals surface area (Å²) in [6.45, 7) is 1.89. The molecule has 1 N–H and O–H groups in total. The van der Waals surface area contributed by atoms with E-state index in [1.807, 2.05) is 18.6 Å². The van der Waals surface area contributed by atoms with Crippen LogP contribution in [0.3, 0.4) is 0 Å². The van der Waals surface area contributed by atoms with Crippen molar-refractivity contribution < 1.29 is 4.74 Å². The van der Waals surface area contributed by atoms with Gasteiger partial charge in [-0.3, -0.25) is 0 Å². The number of hydrogen-bond acceptors (Lipinski definition) is 3. The molecule has 0 aliphatic carbocycles. The average Bonchev–Trinajstić information content (AvgIpc) is 3.17. The molecule has 1 fully saturated rings. The first kappa shape index (κ1) is 12.0. The Morgan fingerprint density at radius 1 is 1.25 bits per heavy atom. The number of imidazole rings is 1. The Morgan fingerprint density at radius 2 is 2.20 bits per heavy atom. The van der Waals surface area contributed by atoms with E-state index >= 15 is 0 Å². The fraction of sp³-hybridized carbons (Fsp3) is 0.438. The quantitative estimate of drug-likeness (QED) is 0.911. The van der Waals surface area contributed by atoms with Gasteiger partial charge in [-0.25, -0.2) is 4.98 Å². The van der Waals surface area contributed by atoms with E-state index in [9.17, 15) is 0 Å². The summed E-state index contributed by atoms with van der Waals surface area (Å²) in [4.78, 5) is 4.40. The highest BCUT2D eigenvalue weighted by Gasteiger charge is 2.27. The summed E-state index contributed by atoms with van der Waals surface area (Å²) in [5.41, 5.74) is 2.58. The lowest BCUT2D eigenvalue weighted by Crippen LogP contribution is -2.24. The molecule has 2 aromatic rings. The van der Waals surface area contributed by atoms with E-state index in [1.54, 1.807) is 0 Å². The molecular formula is C16H19N3O. The maximum absolute atomic E-state index is 5.77. The fourth-order valence-electron chi connectivity index (χ4n) is 3.39. The number of benzene rings is 1. The molecule has 2 unspecified atom stereocenters. The van der Waals surface area contributed by atoms with Gasteiger partial charge in [-0.1, -0.05) is 18.2 Å². The van der Waals surface area contributed by atoms with Crippen molar-refractivity contribution in [1.29, 1.82) is 0 Å². The number of rotatable bonds is 2. The van der Waals surface area contributed by atoms with Crippen LogP contribution >= 0.6 is 0 Å². The normalized spacial score (nSPS) is 25.2. The second kappa shape index (κ2) is 4.94. The molecule has 0 spiro atoms. The molecule has 1 aromatic carbocycles. The van der Waals surface area contributed by atoms with E-state index in [0.717, 1.165) is 25.3 Å². The number of nitrogens with zero attached hydrogens (tertiary/aromatic N) is 2. The summed E-state index contributed by atoms with van der Waals surface area (Å²) in [5, 5.41) is 3.57. The van der Waals surface area contributed by atoms with Gasteiger partial charge in [0.05, 0.1) is 24.7 Å². The summed E-state index contributed by atoms with van der Waals surface area (Å²) in [5.74, 6) is 1.02. The number of ether oxygens (including phenoxy) is 1. The number of aromatic nitrogens is 2. The standard InChI is InChI=1S/C16H19N3O/c1-2-6-16-12(4-1)14(7-9-20-16)19-11-17-10-15(19)13-5-3-8-18-13/h1-2,4,6,10-11,13-14,18H,3,5,7-9H2. The lowest BCUT2D eigenvalue weighted by Gasteiger charge is -2.29. The van der Waals surface area contributed by atoms with Gasteiger partial charge < -0.3 is 14.6 Å². The van der Waals surface area contributed by atoms with Crippen LogP contribution in [0.1, 0.15) is 42.6 Å². The molecule has 0 radical (unpaired) electrons. The van der Waals surface area contributed by atoms with Gasteiger partial charge in [0.15, 0.2) is 0 Å². The van der Waals surface area contributed by atoms with Crippen LogP contribution in [-0.4, -0.2) is 22.7 Å². The minimum Gasteiger partial charge on any atom is -0.493 e. The second-order valence-electron chi connectivity index (χ2n) is 5.57. The minimum absolute atomic E-state index is 0.347. The van der Waals surface area contributed by atoms with Gasteiger partial charge in [0.2, 0.25) is 0 Å². The highest BCUT2D eigenvalue weighted by Crippen LogP contribution is 2.36. The fourth-order valence-corrected chi connectivity index (χ4v) is 3.39. The Hall–Kier alpha value is -1.81. The second-order valence-corrected chi connectivity index (χ2v) is 5.57. The summed E-state index contributed by atoms with van der Waals surface area (Å²) in [6.07, 6.45) is 7.45. The van der Waals surface area contributed by atoms with Gasteiger partial charge in [0.1, 0.15) is 5.75 Å². The van der Waals surface area contributed by atoms with Crippen molar-refractivity contribution in [2.45, 2.75) is 31.3 Å². The van der Waals surface area contributed by atoms with Gasteiger partial charge in [-0.05, 0) is 25.5 Å². The Labute approximate surface area is 118 Å². The van der Waals surface area contributed by atoms with E-state index in [0.29, 0.717) is 12.1 Å². The predicted octanol–water partition coefficient (Wildman–Crippen LogP) is 2.68. The molecule has 4 nitrogen and oxygen atoms in total. The molecule has 4 rings (SSSR count). The van der Waals surface area contributed by atoms with Crippen molar-refractivity contribution >= 4 is 0 Å². The van der Waals surface area contributed by atoms with Gasteiger partial charge in [-0.2, -0.15) is 0 Å². The SMILES string of the molecule is c1ccc2c(c1)OCCC2n1cncc1C1CCCN1. The third-order valence-electron chi connectivity index (χ3n) is 4.38. The molecule has 3 heterocycles. The first-order valence-corrected chi connectivity index (χ1v) is 7.40. The topological polar surface area (TPSA) is 39.1 Å². The van der Waals surface area contributed by atoms with Crippen LogP contribution in [0.15, 0.2) is 36.8 Å². The molecule has 2 aliphatic rings. The zero-order chi connectivity index (χ0) is 13.4. The highest BCUT2D eigenvalue weighted by atomic mass is 16.5. The lowest BCUT2D eigenvalue weighted by molar-refractivity contribution is 0.253. The predicted molar refractivity (Wildman–Crippen MR) is 76.9 cm³/mol. The van der Waals surface area contributed by atoms with Crippen molar-refractivity contribution in [1.82, 2.24) is 14.9 Å². The van der Waals surface area contributed by atoms with Crippen LogP contribution in [0.2, 0.25) is 0 Å². The molecule has 1 aromatic heterocycles. The zero-order valence-electron chi connectivity index (χ0n) is 11.5. The number of hydrogen-bond donors (Lipinski definition) is 1. The Morgan fingerprint density at radius 3 is 3.10 bits per heavy atom. The Kier molecular flexibility index (Phi) is 2.96. The third kappa shape index (κ3) is 1.91. The number of fused-ring (bicyclic) bond motifs is 1. The molecule has 104 valence electrons. The van der Waals surface area contributed by atoms with E-state index in [4.69, 9.17) is 4.74 Å². The summed E-state index contributed by atoms with van der Waals surface area (Å²) in [7, 11) is 0. The van der Waals surface area contributed by atoms with E-state index in [2.05, 4.69) is 33.1 Å². The van der Waals surface area contributed by atoms with Crippen LogP contribution < -0.4 is 10.1 Å². The maximum atomic E-state index is 5.77. The van der Waals surface area contributed by atoms with Gasteiger partial charge >= 0.3 is 0 Å². The maximum Gasteiger partial charge on any atom is 0.124 e. The smallest absolute Gasteiger partial charge is 0.124 e. The van der Waals surface area contributed by atoms with Crippen molar-refractivity contribution in [2.75, 3.05) is 13.2 Å². The molecule has 2 atom stereocenters.